The molecule has 6 nitrogen and oxygen atoms in total. The SMILES string of the molecule is Cc1ccccc1N1NC(C(=O)N2CC[NH+](Cc3ccc(Cl)cc3)CC2)=CCC1=O. The molecule has 2 aromatic rings. The Hall–Kier alpha value is -2.83. The lowest BCUT2D eigenvalue weighted by atomic mass is 10.1. The number of carbonyl (C=O) groups is 2. The molecule has 0 radical (unpaired) electrons. The second-order valence-corrected chi connectivity index (χ2v) is 8.23. The van der Waals surface area contributed by atoms with Crippen LogP contribution in [0.4, 0.5) is 5.69 Å². The second-order valence-electron chi connectivity index (χ2n) is 7.79. The van der Waals surface area contributed by atoms with Crippen molar-refractivity contribution in [2.75, 3.05) is 31.2 Å². The Balaban J connectivity index is 1.36. The zero-order chi connectivity index (χ0) is 21.1. The van der Waals surface area contributed by atoms with Gasteiger partial charge >= 0.3 is 0 Å². The van der Waals surface area contributed by atoms with Crippen LogP contribution in [-0.4, -0.2) is 42.9 Å². The van der Waals surface area contributed by atoms with Gasteiger partial charge in [0.05, 0.1) is 31.9 Å². The fourth-order valence-electron chi connectivity index (χ4n) is 3.92. The summed E-state index contributed by atoms with van der Waals surface area (Å²) >= 11 is 5.96. The number of halogens is 1. The topological polar surface area (TPSA) is 57.1 Å². The van der Waals surface area contributed by atoms with Gasteiger partial charge in [0.25, 0.3) is 5.91 Å². The van der Waals surface area contributed by atoms with E-state index in [9.17, 15) is 9.59 Å². The van der Waals surface area contributed by atoms with Crippen molar-refractivity contribution in [2.45, 2.75) is 19.9 Å². The van der Waals surface area contributed by atoms with Gasteiger partial charge in [-0.1, -0.05) is 41.9 Å². The molecule has 2 aliphatic rings. The number of aryl methyl sites for hydroxylation is 1. The maximum Gasteiger partial charge on any atom is 0.271 e. The summed E-state index contributed by atoms with van der Waals surface area (Å²) in [4.78, 5) is 28.8. The highest BCUT2D eigenvalue weighted by Gasteiger charge is 2.30. The molecule has 156 valence electrons. The van der Waals surface area contributed by atoms with Gasteiger partial charge in [-0.15, -0.1) is 0 Å². The summed E-state index contributed by atoms with van der Waals surface area (Å²) in [5, 5.41) is 2.24. The number of anilines is 1. The van der Waals surface area contributed by atoms with E-state index in [4.69, 9.17) is 11.6 Å². The normalized spacial score (nSPS) is 17.5. The molecule has 0 unspecified atom stereocenters. The molecule has 1 saturated heterocycles. The van der Waals surface area contributed by atoms with Crippen LogP contribution in [-0.2, 0) is 16.1 Å². The van der Waals surface area contributed by atoms with Crippen molar-refractivity contribution in [1.82, 2.24) is 10.3 Å². The number of rotatable bonds is 4. The van der Waals surface area contributed by atoms with Gasteiger partial charge in [-0.2, -0.15) is 0 Å². The average Bonchev–Trinajstić information content (AvgIpc) is 2.76. The van der Waals surface area contributed by atoms with Gasteiger partial charge in [0.1, 0.15) is 12.2 Å². The van der Waals surface area contributed by atoms with E-state index in [0.29, 0.717) is 18.8 Å². The van der Waals surface area contributed by atoms with Gasteiger partial charge in [-0.3, -0.25) is 15.0 Å². The molecular weight excluding hydrogens is 400 g/mol. The van der Waals surface area contributed by atoms with Gasteiger partial charge in [0, 0.05) is 17.0 Å². The summed E-state index contributed by atoms with van der Waals surface area (Å²) in [7, 11) is 0. The minimum atomic E-state index is -0.0712. The smallest absolute Gasteiger partial charge is 0.271 e. The minimum absolute atomic E-state index is 0.0494. The van der Waals surface area contributed by atoms with Crippen LogP contribution in [0.5, 0.6) is 0 Å². The average molecular weight is 426 g/mol. The Labute approximate surface area is 181 Å². The first-order valence-electron chi connectivity index (χ1n) is 10.2. The molecular formula is C23H26ClN4O2+. The van der Waals surface area contributed by atoms with Crippen LogP contribution in [0.15, 0.2) is 60.3 Å². The highest BCUT2D eigenvalue weighted by Crippen LogP contribution is 2.22. The van der Waals surface area contributed by atoms with Crippen LogP contribution in [0.2, 0.25) is 5.02 Å². The Morgan fingerprint density at radius 3 is 2.50 bits per heavy atom. The number of hydrogen-bond acceptors (Lipinski definition) is 3. The number of nitrogens with one attached hydrogen (secondary N) is 2. The Morgan fingerprint density at radius 1 is 1.10 bits per heavy atom. The molecule has 2 heterocycles. The summed E-state index contributed by atoms with van der Waals surface area (Å²) < 4.78 is 0. The molecule has 4 rings (SSSR count). The monoisotopic (exact) mass is 425 g/mol. The van der Waals surface area contributed by atoms with Crippen molar-refractivity contribution < 1.29 is 14.5 Å². The fourth-order valence-corrected chi connectivity index (χ4v) is 4.04. The number of hydrazine groups is 1. The third-order valence-corrected chi connectivity index (χ3v) is 5.93. The van der Waals surface area contributed by atoms with Gasteiger partial charge in [-0.05, 0) is 36.8 Å². The Morgan fingerprint density at radius 2 is 1.80 bits per heavy atom. The van der Waals surface area contributed by atoms with Crippen molar-refractivity contribution in [3.63, 3.8) is 0 Å². The van der Waals surface area contributed by atoms with Crippen molar-refractivity contribution >= 4 is 29.1 Å². The van der Waals surface area contributed by atoms with E-state index >= 15 is 0 Å². The minimum Gasteiger partial charge on any atom is -0.328 e. The fraction of sp³-hybridized carbons (Fsp3) is 0.304. The number of amides is 2. The molecule has 2 amide bonds. The molecule has 0 aromatic heterocycles. The summed E-state index contributed by atoms with van der Waals surface area (Å²) in [5.74, 6) is -0.121. The van der Waals surface area contributed by atoms with Gasteiger partial charge in [-0.25, -0.2) is 5.01 Å². The van der Waals surface area contributed by atoms with Crippen LogP contribution in [0, 0.1) is 6.92 Å². The first-order valence-corrected chi connectivity index (χ1v) is 10.6. The Kier molecular flexibility index (Phi) is 6.06. The highest BCUT2D eigenvalue weighted by molar-refractivity contribution is 6.30. The molecule has 2 aromatic carbocycles. The molecule has 2 N–H and O–H groups in total. The number of piperazine rings is 1. The highest BCUT2D eigenvalue weighted by atomic mass is 35.5. The predicted molar refractivity (Wildman–Crippen MR) is 117 cm³/mol. The molecule has 0 saturated carbocycles. The summed E-state index contributed by atoms with van der Waals surface area (Å²) in [6.07, 6.45) is 1.91. The number of nitrogens with zero attached hydrogens (tertiary/aromatic N) is 2. The van der Waals surface area contributed by atoms with Crippen LogP contribution in [0.25, 0.3) is 0 Å². The van der Waals surface area contributed by atoms with E-state index < -0.39 is 0 Å². The molecule has 30 heavy (non-hydrogen) atoms. The van der Waals surface area contributed by atoms with E-state index in [1.165, 1.54) is 15.5 Å². The second kappa shape index (κ2) is 8.90. The zero-order valence-electron chi connectivity index (χ0n) is 17.0. The van der Waals surface area contributed by atoms with Crippen molar-refractivity contribution in [1.29, 1.82) is 0 Å². The first-order chi connectivity index (χ1) is 14.5. The first kappa shape index (κ1) is 20.4. The van der Waals surface area contributed by atoms with Crippen LogP contribution < -0.4 is 15.3 Å². The lowest BCUT2D eigenvalue weighted by Gasteiger charge is -2.35. The molecule has 1 fully saturated rings. The molecule has 0 bridgehead atoms. The number of para-hydroxylation sites is 1. The van der Waals surface area contributed by atoms with E-state index in [-0.39, 0.29) is 18.2 Å². The quantitative estimate of drug-likeness (QED) is 0.784. The molecule has 2 aliphatic heterocycles. The molecule has 7 heteroatoms. The Bertz CT molecular complexity index is 965. The lowest BCUT2D eigenvalue weighted by Crippen LogP contribution is -3.13. The van der Waals surface area contributed by atoms with Crippen molar-refractivity contribution in [3.8, 4) is 0 Å². The number of hydrogen-bond donors (Lipinski definition) is 2. The van der Waals surface area contributed by atoms with Gasteiger partial charge in [0.2, 0.25) is 5.91 Å². The van der Waals surface area contributed by atoms with Crippen LogP contribution in [0.1, 0.15) is 17.5 Å². The van der Waals surface area contributed by atoms with E-state index in [1.54, 1.807) is 6.08 Å². The van der Waals surface area contributed by atoms with Gasteiger partial charge in [0.15, 0.2) is 0 Å². The third-order valence-electron chi connectivity index (χ3n) is 5.67. The summed E-state index contributed by atoms with van der Waals surface area (Å²) in [6.45, 7) is 6.05. The zero-order valence-corrected chi connectivity index (χ0v) is 17.8. The third kappa shape index (κ3) is 4.50. The van der Waals surface area contributed by atoms with Crippen molar-refractivity contribution in [2.24, 2.45) is 0 Å². The predicted octanol–water partition coefficient (Wildman–Crippen LogP) is 1.70. The number of carbonyl (C=O) groups excluding carboxylic acids is 2. The standard InChI is InChI=1S/C23H25ClN4O2/c1-17-4-2-3-5-21(17)28-22(29)11-10-20(25-28)23(30)27-14-12-26(13-15-27)16-18-6-8-19(24)9-7-18/h2-10,25H,11-16H2,1H3/p+1. The number of quaternary nitrogens is 1. The maximum absolute atomic E-state index is 13.1. The molecule has 0 aliphatic carbocycles. The van der Waals surface area contributed by atoms with E-state index in [1.807, 2.05) is 48.2 Å². The van der Waals surface area contributed by atoms with Crippen LogP contribution in [0.3, 0.4) is 0 Å². The van der Waals surface area contributed by atoms with Gasteiger partial charge < -0.3 is 9.80 Å². The summed E-state index contributed by atoms with van der Waals surface area (Å²) in [6, 6.07) is 15.6. The largest absolute Gasteiger partial charge is 0.328 e. The molecule has 0 atom stereocenters. The number of benzene rings is 2. The van der Waals surface area contributed by atoms with E-state index in [0.717, 1.165) is 35.9 Å². The maximum atomic E-state index is 13.1. The van der Waals surface area contributed by atoms with Crippen molar-refractivity contribution in [3.05, 3.63) is 76.5 Å². The van der Waals surface area contributed by atoms with E-state index in [2.05, 4.69) is 17.6 Å². The summed E-state index contributed by atoms with van der Waals surface area (Å²) in [5.41, 5.74) is 6.52. The van der Waals surface area contributed by atoms with Crippen LogP contribution >= 0.6 is 11.6 Å². The molecule has 0 spiro atoms. The lowest BCUT2D eigenvalue weighted by molar-refractivity contribution is -0.917.